The van der Waals surface area contributed by atoms with Crippen LogP contribution in [0, 0.1) is 0 Å². The molecule has 0 radical (unpaired) electrons. The Hall–Kier alpha value is -1.70. The van der Waals surface area contributed by atoms with E-state index >= 15 is 0 Å². The summed E-state index contributed by atoms with van der Waals surface area (Å²) in [5.41, 5.74) is 0.796. The summed E-state index contributed by atoms with van der Waals surface area (Å²) in [4.78, 5) is 35.4. The maximum atomic E-state index is 12.5. The molecule has 40 heavy (non-hydrogen) atoms. The van der Waals surface area contributed by atoms with Gasteiger partial charge in [-0.05, 0) is 47.1 Å². The van der Waals surface area contributed by atoms with Gasteiger partial charge in [-0.2, -0.15) is 11.8 Å². The van der Waals surface area contributed by atoms with Gasteiger partial charge in [0.1, 0.15) is 19.0 Å². The maximum Gasteiger partial charge on any atom is 1.00 e. The number of thioether (sulfide) groups is 1. The number of hydrogen-bond donors (Lipinski definition) is 4. The zero-order valence-corrected chi connectivity index (χ0v) is 26.3. The minimum atomic E-state index is -1.57. The van der Waals surface area contributed by atoms with Gasteiger partial charge in [-0.15, -0.1) is 0 Å². The fourth-order valence-electron chi connectivity index (χ4n) is 4.05. The molecule has 2 amide bonds. The summed E-state index contributed by atoms with van der Waals surface area (Å²) in [6.45, 7) is 3.21. The molecule has 10 nitrogen and oxygen atoms in total. The molecule has 0 saturated carbocycles. The third-order valence-electron chi connectivity index (χ3n) is 5.99. The van der Waals surface area contributed by atoms with Crippen molar-refractivity contribution in [3.63, 3.8) is 0 Å². The smallest absolute Gasteiger partial charge is 0.550 e. The van der Waals surface area contributed by atoms with Crippen LogP contribution in [0.4, 0.5) is 0 Å². The number of rotatable bonds is 19. The Morgan fingerprint density at radius 1 is 1.10 bits per heavy atom. The molecule has 216 valence electrons. The topological polar surface area (TPSA) is 157 Å². The van der Waals surface area contributed by atoms with Crippen molar-refractivity contribution in [2.45, 2.75) is 63.9 Å². The van der Waals surface area contributed by atoms with Gasteiger partial charge in [0.05, 0.1) is 25.2 Å². The Balaban J connectivity index is 0.00000800. The summed E-state index contributed by atoms with van der Waals surface area (Å²) >= 11 is 1.77. The first-order valence-corrected chi connectivity index (χ1v) is 14.2. The standard InChI is InChI=1S/C28H40N2O8S.Na/c1-3-39-14-6-13-37-18-38-28(23(30-19(2)31)11-12-26(34)35)27(36)24(32)17-29-25(33)16-20-9-10-21-7-4-5-8-22(21)15-20;/h4-5,7-10,15,23-24,27-28,32,36H,3,6,11-14,16-18H2,1-2H3,(H,29,33)(H,30,31)(H,34,35);/q;+1/p-1/t23?,24?,27-,28?;/m1./s1. The van der Waals surface area contributed by atoms with Crippen molar-refractivity contribution < 1.29 is 68.7 Å². The first-order chi connectivity index (χ1) is 18.7. The monoisotopic (exact) mass is 586 g/mol. The van der Waals surface area contributed by atoms with Crippen molar-refractivity contribution in [1.29, 1.82) is 0 Å². The Morgan fingerprint density at radius 2 is 1.82 bits per heavy atom. The summed E-state index contributed by atoms with van der Waals surface area (Å²) in [6.07, 6.45) is -3.85. The minimum Gasteiger partial charge on any atom is -0.550 e. The second-order valence-electron chi connectivity index (χ2n) is 9.15. The first-order valence-electron chi connectivity index (χ1n) is 13.1. The van der Waals surface area contributed by atoms with E-state index in [1.54, 1.807) is 11.8 Å². The van der Waals surface area contributed by atoms with Crippen LogP contribution in [-0.4, -0.2) is 83.8 Å². The Morgan fingerprint density at radius 3 is 2.50 bits per heavy atom. The number of fused-ring (bicyclic) bond motifs is 1. The Kier molecular flexibility index (Phi) is 18.4. The normalized spacial score (nSPS) is 14.0. The van der Waals surface area contributed by atoms with Crippen molar-refractivity contribution in [2.24, 2.45) is 0 Å². The molecular formula is C28H39N2NaO8S. The fourth-order valence-corrected chi connectivity index (χ4v) is 4.66. The number of carboxylic acid groups (broad SMARTS) is 1. The van der Waals surface area contributed by atoms with Gasteiger partial charge in [-0.3, -0.25) is 9.59 Å². The molecular weight excluding hydrogens is 547 g/mol. The molecule has 4 atom stereocenters. The van der Waals surface area contributed by atoms with E-state index in [0.717, 1.165) is 34.3 Å². The average Bonchev–Trinajstić information content (AvgIpc) is 2.90. The van der Waals surface area contributed by atoms with E-state index in [9.17, 15) is 29.7 Å². The summed E-state index contributed by atoms with van der Waals surface area (Å²) in [5.74, 6) is -0.226. The number of carbonyl (C=O) groups excluding carboxylic acids is 3. The van der Waals surface area contributed by atoms with Gasteiger partial charge in [-0.25, -0.2) is 0 Å². The van der Waals surface area contributed by atoms with Gasteiger partial charge in [0.2, 0.25) is 11.8 Å². The van der Waals surface area contributed by atoms with Gasteiger partial charge in [0.15, 0.2) is 0 Å². The van der Waals surface area contributed by atoms with E-state index < -0.39 is 42.7 Å². The van der Waals surface area contributed by atoms with E-state index in [1.807, 2.05) is 42.5 Å². The van der Waals surface area contributed by atoms with Crippen LogP contribution in [0.2, 0.25) is 0 Å². The fraction of sp³-hybridized carbons (Fsp3) is 0.536. The van der Waals surface area contributed by atoms with Crippen LogP contribution in [0.25, 0.3) is 10.8 Å². The molecule has 0 fully saturated rings. The van der Waals surface area contributed by atoms with E-state index in [-0.39, 0.29) is 61.6 Å². The molecule has 2 aromatic carbocycles. The largest absolute Gasteiger partial charge is 1.00 e. The molecule has 0 aliphatic carbocycles. The van der Waals surface area contributed by atoms with Crippen molar-refractivity contribution >= 4 is 40.3 Å². The van der Waals surface area contributed by atoms with Crippen LogP contribution in [-0.2, 0) is 30.3 Å². The maximum absolute atomic E-state index is 12.5. The minimum absolute atomic E-state index is 0. The Bertz CT molecular complexity index is 1060. The SMILES string of the molecule is CCSCCCOCOC(C(CCC(=O)[O-])NC(C)=O)[C@H](O)C(O)CNC(=O)Cc1ccc2ccccc2c1.[Na+]. The second kappa shape index (κ2) is 20.2. The molecule has 3 unspecified atom stereocenters. The number of aliphatic carboxylic acids is 1. The van der Waals surface area contributed by atoms with E-state index in [4.69, 9.17) is 9.47 Å². The van der Waals surface area contributed by atoms with E-state index in [0.29, 0.717) is 6.61 Å². The molecule has 4 N–H and O–H groups in total. The van der Waals surface area contributed by atoms with Crippen LogP contribution < -0.4 is 45.3 Å². The zero-order valence-electron chi connectivity index (χ0n) is 23.5. The van der Waals surface area contributed by atoms with Crippen LogP contribution in [0.3, 0.4) is 0 Å². The molecule has 2 rings (SSSR count). The van der Waals surface area contributed by atoms with Crippen LogP contribution in [0.15, 0.2) is 42.5 Å². The zero-order chi connectivity index (χ0) is 28.6. The molecule has 0 aliphatic rings. The summed E-state index contributed by atoms with van der Waals surface area (Å²) in [6, 6.07) is 12.5. The molecule has 2 aromatic rings. The van der Waals surface area contributed by atoms with Gasteiger partial charge in [-0.1, -0.05) is 49.4 Å². The van der Waals surface area contributed by atoms with Crippen molar-refractivity contribution in [2.75, 3.05) is 31.5 Å². The first kappa shape index (κ1) is 36.3. The average molecular weight is 587 g/mol. The van der Waals surface area contributed by atoms with Gasteiger partial charge in [0.25, 0.3) is 0 Å². The van der Waals surface area contributed by atoms with Crippen molar-refractivity contribution in [3.05, 3.63) is 48.0 Å². The number of carbonyl (C=O) groups is 3. The van der Waals surface area contributed by atoms with E-state index in [1.165, 1.54) is 6.92 Å². The second-order valence-corrected chi connectivity index (χ2v) is 10.5. The molecule has 12 heteroatoms. The third-order valence-corrected chi connectivity index (χ3v) is 6.97. The Labute approximate surface area is 261 Å². The third kappa shape index (κ3) is 13.8. The molecule has 0 aromatic heterocycles. The van der Waals surface area contributed by atoms with Crippen LogP contribution in [0.5, 0.6) is 0 Å². The van der Waals surface area contributed by atoms with Crippen LogP contribution in [0.1, 0.15) is 38.7 Å². The number of carboxylic acids is 1. The number of amides is 2. The predicted molar refractivity (Wildman–Crippen MR) is 148 cm³/mol. The van der Waals surface area contributed by atoms with Crippen LogP contribution >= 0.6 is 11.8 Å². The van der Waals surface area contributed by atoms with Gasteiger partial charge in [0, 0.05) is 19.4 Å². The number of aliphatic hydroxyl groups is 2. The summed E-state index contributed by atoms with van der Waals surface area (Å²) < 4.78 is 11.2. The number of ether oxygens (including phenoxy) is 2. The quantitative estimate of drug-likeness (QED) is 0.0812. The summed E-state index contributed by atoms with van der Waals surface area (Å²) in [7, 11) is 0. The predicted octanol–water partition coefficient (Wildman–Crippen LogP) is -2.24. The number of benzene rings is 2. The molecule has 0 aliphatic heterocycles. The van der Waals surface area contributed by atoms with Crippen molar-refractivity contribution in [1.82, 2.24) is 10.6 Å². The molecule has 0 saturated heterocycles. The van der Waals surface area contributed by atoms with Gasteiger partial charge >= 0.3 is 29.6 Å². The summed E-state index contributed by atoms with van der Waals surface area (Å²) in [5, 5.41) is 39.9. The van der Waals surface area contributed by atoms with Crippen molar-refractivity contribution in [3.8, 4) is 0 Å². The molecule has 0 heterocycles. The number of nitrogens with one attached hydrogen (secondary N) is 2. The number of aliphatic hydroxyl groups excluding tert-OH is 2. The number of hydrogen-bond acceptors (Lipinski definition) is 9. The van der Waals surface area contributed by atoms with Gasteiger partial charge < -0.3 is 40.2 Å². The molecule has 0 bridgehead atoms. The molecule has 0 spiro atoms. The van der Waals surface area contributed by atoms with E-state index in [2.05, 4.69) is 17.6 Å².